The maximum absolute atomic E-state index is 12.3. The van der Waals surface area contributed by atoms with Crippen LogP contribution in [0.2, 0.25) is 0 Å². The lowest BCUT2D eigenvalue weighted by atomic mass is 10.2. The van der Waals surface area contributed by atoms with E-state index in [0.717, 1.165) is 0 Å². The van der Waals surface area contributed by atoms with Gasteiger partial charge in [0.15, 0.2) is 9.84 Å². The van der Waals surface area contributed by atoms with Crippen LogP contribution in [0.15, 0.2) is 29.2 Å². The maximum atomic E-state index is 12.3. The van der Waals surface area contributed by atoms with Crippen LogP contribution in [0.5, 0.6) is 0 Å². The highest BCUT2D eigenvalue weighted by Gasteiger charge is 2.24. The number of hydrogen-bond acceptors (Lipinski definition) is 5. The Morgan fingerprint density at radius 3 is 2.29 bits per heavy atom. The fourth-order valence-corrected chi connectivity index (χ4v) is 3.77. The van der Waals surface area contributed by atoms with Gasteiger partial charge in [-0.05, 0) is 39.3 Å². The number of amides is 1. The fourth-order valence-electron chi connectivity index (χ4n) is 1.87. The SMILES string of the molecule is CCS(=O)(=O)NCCCNC(=O)c1ccccc1S(=O)(=O)C(C)C. The molecule has 0 atom stereocenters. The molecule has 1 aromatic rings. The molecule has 0 bridgehead atoms. The predicted octanol–water partition coefficient (Wildman–Crippen LogP) is 0.928. The van der Waals surface area contributed by atoms with E-state index in [4.69, 9.17) is 0 Å². The number of carbonyl (C=O) groups excluding carboxylic acids is 1. The zero-order valence-corrected chi connectivity index (χ0v) is 15.7. The van der Waals surface area contributed by atoms with E-state index in [1.165, 1.54) is 19.1 Å². The molecule has 1 amide bonds. The Hall–Kier alpha value is -1.45. The second-order valence-electron chi connectivity index (χ2n) is 5.50. The summed E-state index contributed by atoms with van der Waals surface area (Å²) in [4.78, 5) is 12.2. The average molecular weight is 377 g/mol. The van der Waals surface area contributed by atoms with Crippen LogP contribution in [0, 0.1) is 0 Å². The van der Waals surface area contributed by atoms with Gasteiger partial charge in [-0.3, -0.25) is 4.79 Å². The van der Waals surface area contributed by atoms with Crippen molar-refractivity contribution in [2.24, 2.45) is 0 Å². The van der Waals surface area contributed by atoms with Crippen molar-refractivity contribution in [3.05, 3.63) is 29.8 Å². The maximum Gasteiger partial charge on any atom is 0.252 e. The first-order valence-corrected chi connectivity index (χ1v) is 10.9. The Morgan fingerprint density at radius 2 is 1.71 bits per heavy atom. The number of carbonyl (C=O) groups is 1. The Bertz CT molecular complexity index is 771. The first-order chi connectivity index (χ1) is 11.1. The van der Waals surface area contributed by atoms with Gasteiger partial charge in [0.2, 0.25) is 10.0 Å². The number of benzene rings is 1. The third kappa shape index (κ3) is 5.57. The quantitative estimate of drug-likeness (QED) is 0.623. The van der Waals surface area contributed by atoms with Gasteiger partial charge in [0.25, 0.3) is 5.91 Å². The summed E-state index contributed by atoms with van der Waals surface area (Å²) in [6.45, 7) is 5.10. The number of rotatable bonds is 9. The molecule has 0 saturated heterocycles. The van der Waals surface area contributed by atoms with Gasteiger partial charge in [-0.1, -0.05) is 12.1 Å². The molecule has 1 rings (SSSR count). The number of hydrogen-bond donors (Lipinski definition) is 2. The van der Waals surface area contributed by atoms with E-state index < -0.39 is 31.0 Å². The number of sulfonamides is 1. The molecule has 0 aliphatic heterocycles. The normalized spacial score (nSPS) is 12.3. The molecule has 7 nitrogen and oxygen atoms in total. The molecule has 0 heterocycles. The second kappa shape index (κ2) is 8.59. The van der Waals surface area contributed by atoms with Crippen molar-refractivity contribution < 1.29 is 21.6 Å². The van der Waals surface area contributed by atoms with Crippen LogP contribution in [0.1, 0.15) is 37.6 Å². The van der Waals surface area contributed by atoms with Gasteiger partial charge >= 0.3 is 0 Å². The first kappa shape index (κ1) is 20.6. The molecule has 0 spiro atoms. The van der Waals surface area contributed by atoms with E-state index in [9.17, 15) is 21.6 Å². The van der Waals surface area contributed by atoms with Crippen molar-refractivity contribution in [1.82, 2.24) is 10.0 Å². The van der Waals surface area contributed by atoms with E-state index >= 15 is 0 Å². The van der Waals surface area contributed by atoms with Crippen molar-refractivity contribution in [3.63, 3.8) is 0 Å². The highest BCUT2D eigenvalue weighted by molar-refractivity contribution is 7.92. The van der Waals surface area contributed by atoms with Gasteiger partial charge in [-0.15, -0.1) is 0 Å². The first-order valence-electron chi connectivity index (χ1n) is 7.70. The van der Waals surface area contributed by atoms with Gasteiger partial charge in [0, 0.05) is 13.1 Å². The smallest absolute Gasteiger partial charge is 0.252 e. The summed E-state index contributed by atoms with van der Waals surface area (Å²) in [5, 5.41) is 1.99. The summed E-state index contributed by atoms with van der Waals surface area (Å²) in [5.41, 5.74) is 0.0975. The molecule has 2 N–H and O–H groups in total. The Labute approximate surface area is 143 Å². The molecule has 0 unspecified atom stereocenters. The minimum absolute atomic E-state index is 0.000202. The largest absolute Gasteiger partial charge is 0.352 e. The number of nitrogens with one attached hydrogen (secondary N) is 2. The van der Waals surface area contributed by atoms with Crippen molar-refractivity contribution in [3.8, 4) is 0 Å². The monoisotopic (exact) mass is 376 g/mol. The van der Waals surface area contributed by atoms with Gasteiger partial charge in [-0.2, -0.15) is 0 Å². The van der Waals surface area contributed by atoms with Crippen LogP contribution in [0.4, 0.5) is 0 Å². The topological polar surface area (TPSA) is 109 Å². The molecule has 9 heteroatoms. The Balaban J connectivity index is 2.70. The van der Waals surface area contributed by atoms with E-state index in [1.54, 1.807) is 26.0 Å². The highest BCUT2D eigenvalue weighted by atomic mass is 32.2. The molecule has 1 aromatic carbocycles. The molecule has 0 fully saturated rings. The van der Waals surface area contributed by atoms with Gasteiger partial charge in [-0.25, -0.2) is 21.6 Å². The molecular formula is C15H24N2O5S2. The lowest BCUT2D eigenvalue weighted by molar-refractivity contribution is 0.0950. The van der Waals surface area contributed by atoms with E-state index in [0.29, 0.717) is 6.42 Å². The summed E-state index contributed by atoms with van der Waals surface area (Å²) >= 11 is 0. The lowest BCUT2D eigenvalue weighted by Gasteiger charge is -2.13. The number of sulfone groups is 1. The van der Waals surface area contributed by atoms with Gasteiger partial charge in [0.1, 0.15) is 0 Å². The standard InChI is InChI=1S/C15H24N2O5S2/c1-4-23(19,20)17-11-7-10-16-15(18)13-8-5-6-9-14(13)24(21,22)12(2)3/h5-6,8-9,12,17H,4,7,10-11H2,1-3H3,(H,16,18). The molecule has 24 heavy (non-hydrogen) atoms. The summed E-state index contributed by atoms with van der Waals surface area (Å²) in [6.07, 6.45) is 0.407. The van der Waals surface area contributed by atoms with E-state index in [2.05, 4.69) is 10.0 Å². The average Bonchev–Trinajstić information content (AvgIpc) is 2.54. The van der Waals surface area contributed by atoms with Crippen molar-refractivity contribution >= 4 is 25.8 Å². The molecule has 136 valence electrons. The van der Waals surface area contributed by atoms with Crippen LogP contribution in [-0.2, 0) is 19.9 Å². The fraction of sp³-hybridized carbons (Fsp3) is 0.533. The van der Waals surface area contributed by atoms with E-state index in [-0.39, 0.29) is 29.3 Å². The zero-order valence-electron chi connectivity index (χ0n) is 14.1. The van der Waals surface area contributed by atoms with E-state index in [1.807, 2.05) is 0 Å². The third-order valence-electron chi connectivity index (χ3n) is 3.40. The molecule has 0 radical (unpaired) electrons. The van der Waals surface area contributed by atoms with Crippen LogP contribution in [0.25, 0.3) is 0 Å². The predicted molar refractivity (Wildman–Crippen MR) is 93.2 cm³/mol. The van der Waals surface area contributed by atoms with Crippen molar-refractivity contribution in [2.45, 2.75) is 37.3 Å². The van der Waals surface area contributed by atoms with Crippen LogP contribution in [-0.4, -0.2) is 46.8 Å². The summed E-state index contributed by atoms with van der Waals surface area (Å²) in [7, 11) is -6.81. The third-order valence-corrected chi connectivity index (χ3v) is 7.01. The minimum Gasteiger partial charge on any atom is -0.352 e. The molecule has 0 aromatic heterocycles. The van der Waals surface area contributed by atoms with Crippen LogP contribution < -0.4 is 10.0 Å². The second-order valence-corrected chi connectivity index (χ2v) is 10.1. The van der Waals surface area contributed by atoms with Crippen LogP contribution >= 0.6 is 0 Å². The minimum atomic E-state index is -3.56. The summed E-state index contributed by atoms with van der Waals surface area (Å²) in [6, 6.07) is 6.05. The summed E-state index contributed by atoms with van der Waals surface area (Å²) < 4.78 is 49.6. The zero-order chi connectivity index (χ0) is 18.4. The van der Waals surface area contributed by atoms with Gasteiger partial charge < -0.3 is 5.32 Å². The molecule has 0 saturated carbocycles. The molecule has 0 aliphatic rings. The highest BCUT2D eigenvalue weighted by Crippen LogP contribution is 2.20. The lowest BCUT2D eigenvalue weighted by Crippen LogP contribution is -2.31. The molecular weight excluding hydrogens is 352 g/mol. The van der Waals surface area contributed by atoms with Crippen molar-refractivity contribution in [2.75, 3.05) is 18.8 Å². The Kier molecular flexibility index (Phi) is 7.37. The molecule has 0 aliphatic carbocycles. The van der Waals surface area contributed by atoms with Crippen LogP contribution in [0.3, 0.4) is 0 Å². The Morgan fingerprint density at radius 1 is 1.08 bits per heavy atom. The van der Waals surface area contributed by atoms with Gasteiger partial charge in [0.05, 0.1) is 21.5 Å². The van der Waals surface area contributed by atoms with Crippen molar-refractivity contribution in [1.29, 1.82) is 0 Å². The summed E-state index contributed by atoms with van der Waals surface area (Å²) in [5.74, 6) is -0.493.